The van der Waals surface area contributed by atoms with E-state index in [1.165, 1.54) is 5.56 Å². The van der Waals surface area contributed by atoms with Gasteiger partial charge in [0.25, 0.3) is 5.91 Å². The van der Waals surface area contributed by atoms with Gasteiger partial charge in [0, 0.05) is 24.7 Å². The fourth-order valence-corrected chi connectivity index (χ4v) is 4.04. The lowest BCUT2D eigenvalue weighted by Crippen LogP contribution is -2.47. The van der Waals surface area contributed by atoms with Crippen LogP contribution in [0.1, 0.15) is 41.4 Å². The second-order valence-corrected chi connectivity index (χ2v) is 7.91. The van der Waals surface area contributed by atoms with Crippen molar-refractivity contribution < 1.29 is 4.79 Å². The second kappa shape index (κ2) is 9.15. The zero-order valence-electron chi connectivity index (χ0n) is 18.0. The lowest BCUT2D eigenvalue weighted by Gasteiger charge is -2.32. The van der Waals surface area contributed by atoms with Gasteiger partial charge in [-0.2, -0.15) is 10.4 Å². The minimum Gasteiger partial charge on any atom is -0.336 e. The maximum atomic E-state index is 13.3. The molecule has 0 aliphatic carbocycles. The van der Waals surface area contributed by atoms with Crippen molar-refractivity contribution in [1.82, 2.24) is 20.0 Å². The Morgan fingerprint density at radius 1 is 1.19 bits per heavy atom. The molecule has 2 heterocycles. The molecule has 0 spiro atoms. The number of piperidine rings is 1. The van der Waals surface area contributed by atoms with Crippen molar-refractivity contribution in [3.05, 3.63) is 71.4 Å². The number of carbonyl (C=O) groups is 1. The van der Waals surface area contributed by atoms with Crippen molar-refractivity contribution in [2.24, 2.45) is 0 Å². The van der Waals surface area contributed by atoms with Crippen LogP contribution in [-0.2, 0) is 6.42 Å². The van der Waals surface area contributed by atoms with Crippen LogP contribution in [0.15, 0.2) is 54.6 Å². The number of aryl methyl sites for hydroxylation is 1. The number of nitrogens with one attached hydrogen (secondary N) is 1. The van der Waals surface area contributed by atoms with Gasteiger partial charge in [-0.25, -0.2) is 4.68 Å². The SMILES string of the molecule is CCc1ccc(-n2nc(C(=O)N3CCCC(NC)C3)cc2-c2ccc(C#N)cc2)cc1. The Balaban J connectivity index is 1.74. The molecule has 0 radical (unpaired) electrons. The molecular weight excluding hydrogens is 386 g/mol. The summed E-state index contributed by atoms with van der Waals surface area (Å²) in [5.74, 6) is -0.0428. The Labute approximate surface area is 183 Å². The number of likely N-dealkylation sites (N-methyl/N-ethyl adjacent to an activating group) is 1. The molecule has 1 atom stereocenters. The van der Waals surface area contributed by atoms with Crippen molar-refractivity contribution >= 4 is 5.91 Å². The summed E-state index contributed by atoms with van der Waals surface area (Å²) in [5, 5.41) is 17.1. The standard InChI is InChI=1S/C25H27N5O/c1-3-18-8-12-22(13-9-18)30-24(20-10-6-19(16-26)7-11-20)15-23(28-30)25(31)29-14-4-5-21(17-29)27-2/h6-13,15,21,27H,3-5,14,17H2,1-2H3. The number of carbonyl (C=O) groups excluding carboxylic acids is 1. The number of hydrogen-bond acceptors (Lipinski definition) is 4. The lowest BCUT2D eigenvalue weighted by atomic mass is 10.1. The number of hydrogen-bond donors (Lipinski definition) is 1. The number of aromatic nitrogens is 2. The van der Waals surface area contributed by atoms with Crippen LogP contribution < -0.4 is 5.32 Å². The summed E-state index contributed by atoms with van der Waals surface area (Å²) >= 11 is 0. The average Bonchev–Trinajstić information content (AvgIpc) is 3.29. The molecule has 1 amide bonds. The molecule has 0 bridgehead atoms. The third-order valence-corrected chi connectivity index (χ3v) is 5.94. The number of rotatable bonds is 5. The molecule has 4 rings (SSSR count). The van der Waals surface area contributed by atoms with Gasteiger partial charge in [-0.3, -0.25) is 4.79 Å². The molecule has 0 saturated carbocycles. The number of nitrogens with zero attached hydrogens (tertiary/aromatic N) is 4. The Morgan fingerprint density at radius 2 is 1.94 bits per heavy atom. The molecule has 31 heavy (non-hydrogen) atoms. The van der Waals surface area contributed by atoms with Gasteiger partial charge in [-0.15, -0.1) is 0 Å². The zero-order chi connectivity index (χ0) is 21.8. The smallest absolute Gasteiger partial charge is 0.274 e. The topological polar surface area (TPSA) is 74.0 Å². The molecule has 2 aromatic carbocycles. The highest BCUT2D eigenvalue weighted by Gasteiger charge is 2.26. The predicted octanol–water partition coefficient (Wildman–Crippen LogP) is 3.80. The van der Waals surface area contributed by atoms with Crippen molar-refractivity contribution in [3.8, 4) is 23.0 Å². The summed E-state index contributed by atoms with van der Waals surface area (Å²) < 4.78 is 1.83. The molecule has 158 valence electrons. The van der Waals surface area contributed by atoms with Crippen LogP contribution in [0.2, 0.25) is 0 Å². The lowest BCUT2D eigenvalue weighted by molar-refractivity contribution is 0.0691. The van der Waals surface area contributed by atoms with Crippen LogP contribution in [0.5, 0.6) is 0 Å². The predicted molar refractivity (Wildman–Crippen MR) is 121 cm³/mol. The molecule has 3 aromatic rings. The van der Waals surface area contributed by atoms with E-state index >= 15 is 0 Å². The first-order valence-electron chi connectivity index (χ1n) is 10.8. The van der Waals surface area contributed by atoms with E-state index in [-0.39, 0.29) is 5.91 Å². The summed E-state index contributed by atoms with van der Waals surface area (Å²) in [4.78, 5) is 15.2. The summed E-state index contributed by atoms with van der Waals surface area (Å²) in [6.07, 6.45) is 3.03. The Bertz CT molecular complexity index is 1090. The third-order valence-electron chi connectivity index (χ3n) is 5.94. The minimum absolute atomic E-state index is 0.0428. The van der Waals surface area contributed by atoms with Crippen LogP contribution in [0.25, 0.3) is 16.9 Å². The minimum atomic E-state index is -0.0428. The van der Waals surface area contributed by atoms with Crippen LogP contribution in [0, 0.1) is 11.3 Å². The maximum Gasteiger partial charge on any atom is 0.274 e. The Kier molecular flexibility index (Phi) is 6.15. The van der Waals surface area contributed by atoms with E-state index in [0.717, 1.165) is 42.8 Å². The fraction of sp³-hybridized carbons (Fsp3) is 0.320. The second-order valence-electron chi connectivity index (χ2n) is 7.91. The van der Waals surface area contributed by atoms with Gasteiger partial charge >= 0.3 is 0 Å². The molecule has 1 aliphatic heterocycles. The first kappa shape index (κ1) is 20.8. The van der Waals surface area contributed by atoms with Crippen molar-refractivity contribution in [2.45, 2.75) is 32.2 Å². The van der Waals surface area contributed by atoms with E-state index in [2.05, 4.69) is 30.4 Å². The molecule has 1 N–H and O–H groups in total. The summed E-state index contributed by atoms with van der Waals surface area (Å²) in [6, 6.07) is 20.0. The Hall–Kier alpha value is -3.43. The zero-order valence-corrected chi connectivity index (χ0v) is 18.0. The van der Waals surface area contributed by atoms with Gasteiger partial charge in [-0.1, -0.05) is 31.2 Å². The number of likely N-dealkylation sites (tertiary alicyclic amines) is 1. The number of nitriles is 1. The molecule has 1 fully saturated rings. The van der Waals surface area contributed by atoms with Gasteiger partial charge in [0.05, 0.1) is 23.0 Å². The number of amides is 1. The number of benzene rings is 2. The van der Waals surface area contributed by atoms with Crippen LogP contribution in [0.4, 0.5) is 0 Å². The van der Waals surface area contributed by atoms with E-state index in [0.29, 0.717) is 23.8 Å². The van der Waals surface area contributed by atoms with E-state index in [9.17, 15) is 4.79 Å². The average molecular weight is 414 g/mol. The van der Waals surface area contributed by atoms with Gasteiger partial charge < -0.3 is 10.2 Å². The van der Waals surface area contributed by atoms with Gasteiger partial charge in [0.1, 0.15) is 0 Å². The van der Waals surface area contributed by atoms with Crippen molar-refractivity contribution in [3.63, 3.8) is 0 Å². The molecular formula is C25H27N5O. The summed E-state index contributed by atoms with van der Waals surface area (Å²) in [6.45, 7) is 3.57. The maximum absolute atomic E-state index is 13.3. The molecule has 6 nitrogen and oxygen atoms in total. The van der Waals surface area contributed by atoms with Crippen molar-refractivity contribution in [2.75, 3.05) is 20.1 Å². The highest BCUT2D eigenvalue weighted by atomic mass is 16.2. The fourth-order valence-electron chi connectivity index (χ4n) is 4.04. The molecule has 1 saturated heterocycles. The highest BCUT2D eigenvalue weighted by molar-refractivity contribution is 5.93. The van der Waals surface area contributed by atoms with Crippen LogP contribution >= 0.6 is 0 Å². The molecule has 6 heteroatoms. The first-order valence-corrected chi connectivity index (χ1v) is 10.8. The molecule has 1 aromatic heterocycles. The van der Waals surface area contributed by atoms with Crippen molar-refractivity contribution in [1.29, 1.82) is 5.26 Å². The third kappa shape index (κ3) is 4.37. The summed E-state index contributed by atoms with van der Waals surface area (Å²) in [5.41, 5.74) is 4.94. The van der Waals surface area contributed by atoms with E-state index in [1.807, 2.05) is 47.0 Å². The first-order chi connectivity index (χ1) is 15.1. The van der Waals surface area contributed by atoms with Crippen LogP contribution in [-0.4, -0.2) is 46.8 Å². The van der Waals surface area contributed by atoms with Gasteiger partial charge in [0.2, 0.25) is 0 Å². The summed E-state index contributed by atoms with van der Waals surface area (Å²) in [7, 11) is 1.94. The quantitative estimate of drug-likeness (QED) is 0.691. The molecule has 1 unspecified atom stereocenters. The monoisotopic (exact) mass is 413 g/mol. The van der Waals surface area contributed by atoms with E-state index in [1.54, 1.807) is 12.1 Å². The van der Waals surface area contributed by atoms with Gasteiger partial charge in [0.15, 0.2) is 5.69 Å². The van der Waals surface area contributed by atoms with Gasteiger partial charge in [-0.05, 0) is 62.2 Å². The van der Waals surface area contributed by atoms with E-state index in [4.69, 9.17) is 10.4 Å². The molecule has 1 aliphatic rings. The normalized spacial score (nSPS) is 16.2. The highest BCUT2D eigenvalue weighted by Crippen LogP contribution is 2.26. The van der Waals surface area contributed by atoms with Crippen LogP contribution in [0.3, 0.4) is 0 Å². The Morgan fingerprint density at radius 3 is 2.58 bits per heavy atom. The largest absolute Gasteiger partial charge is 0.336 e. The van der Waals surface area contributed by atoms with E-state index < -0.39 is 0 Å².